The minimum Gasteiger partial charge on any atom is -0.351 e. The SMILES string of the molecule is CS(=O)(=O)N(CCc1ccccc1)CC(=O)NCc1ccc(S(=O)(=O)N2CCCC2)cc1. The highest BCUT2D eigenvalue weighted by Gasteiger charge is 2.27. The van der Waals surface area contributed by atoms with Gasteiger partial charge in [-0.15, -0.1) is 0 Å². The highest BCUT2D eigenvalue weighted by molar-refractivity contribution is 7.89. The molecule has 8 nitrogen and oxygen atoms in total. The lowest BCUT2D eigenvalue weighted by molar-refractivity contribution is -0.121. The Labute approximate surface area is 190 Å². The van der Waals surface area contributed by atoms with Crippen molar-refractivity contribution in [2.24, 2.45) is 0 Å². The average Bonchev–Trinajstić information content (AvgIpc) is 3.31. The molecule has 1 saturated heterocycles. The van der Waals surface area contributed by atoms with E-state index in [4.69, 9.17) is 0 Å². The lowest BCUT2D eigenvalue weighted by Gasteiger charge is -2.19. The fourth-order valence-electron chi connectivity index (χ4n) is 3.53. The second-order valence-corrected chi connectivity index (χ2v) is 11.8. The van der Waals surface area contributed by atoms with E-state index >= 15 is 0 Å². The number of nitrogens with one attached hydrogen (secondary N) is 1. The van der Waals surface area contributed by atoms with Gasteiger partial charge in [0.2, 0.25) is 26.0 Å². The molecule has 1 aliphatic rings. The first-order valence-electron chi connectivity index (χ1n) is 10.5. The van der Waals surface area contributed by atoms with Crippen LogP contribution in [-0.2, 0) is 37.8 Å². The molecule has 0 bridgehead atoms. The molecule has 1 heterocycles. The summed E-state index contributed by atoms with van der Waals surface area (Å²) in [6.45, 7) is 1.20. The van der Waals surface area contributed by atoms with E-state index in [1.807, 2.05) is 30.3 Å². The molecule has 1 N–H and O–H groups in total. The summed E-state index contributed by atoms with van der Waals surface area (Å²) in [4.78, 5) is 12.6. The fourth-order valence-corrected chi connectivity index (χ4v) is 5.83. The van der Waals surface area contributed by atoms with Gasteiger partial charge in [-0.3, -0.25) is 4.79 Å². The fraction of sp³-hybridized carbons (Fsp3) is 0.409. The molecule has 10 heteroatoms. The molecule has 174 valence electrons. The number of amides is 1. The number of carbonyl (C=O) groups excluding carboxylic acids is 1. The maximum atomic E-state index is 12.6. The van der Waals surface area contributed by atoms with Gasteiger partial charge in [0.25, 0.3) is 0 Å². The first-order chi connectivity index (χ1) is 15.2. The van der Waals surface area contributed by atoms with Gasteiger partial charge < -0.3 is 5.32 Å². The topological polar surface area (TPSA) is 104 Å². The van der Waals surface area contributed by atoms with Crippen LogP contribution in [-0.4, -0.2) is 63.8 Å². The van der Waals surface area contributed by atoms with Crippen LogP contribution in [0.1, 0.15) is 24.0 Å². The molecule has 1 aliphatic heterocycles. The standard InChI is InChI=1S/C22H29N3O5S2/c1-31(27,28)25(16-13-19-7-3-2-4-8-19)18-22(26)23-17-20-9-11-21(12-10-20)32(29,30)24-14-5-6-15-24/h2-4,7-12H,5-6,13-18H2,1H3,(H,23,26). The maximum absolute atomic E-state index is 12.6. The molecule has 0 aromatic heterocycles. The molecule has 0 spiro atoms. The molecule has 1 amide bonds. The van der Waals surface area contributed by atoms with E-state index in [1.54, 1.807) is 12.1 Å². The smallest absolute Gasteiger partial charge is 0.243 e. The molecule has 1 fully saturated rings. The molecular weight excluding hydrogens is 450 g/mol. The third kappa shape index (κ3) is 6.61. The summed E-state index contributed by atoms with van der Waals surface area (Å²) in [6, 6.07) is 15.9. The van der Waals surface area contributed by atoms with Crippen molar-refractivity contribution in [1.29, 1.82) is 0 Å². The third-order valence-corrected chi connectivity index (χ3v) is 8.56. The maximum Gasteiger partial charge on any atom is 0.243 e. The van der Waals surface area contributed by atoms with Crippen LogP contribution < -0.4 is 5.32 Å². The van der Waals surface area contributed by atoms with Gasteiger partial charge in [0, 0.05) is 26.2 Å². The predicted molar refractivity (Wildman–Crippen MR) is 123 cm³/mol. The predicted octanol–water partition coefficient (Wildman–Crippen LogP) is 1.59. The van der Waals surface area contributed by atoms with Crippen LogP contribution in [0, 0.1) is 0 Å². The van der Waals surface area contributed by atoms with Gasteiger partial charge in [-0.25, -0.2) is 16.8 Å². The Morgan fingerprint density at radius 3 is 2.16 bits per heavy atom. The number of hydrogen-bond donors (Lipinski definition) is 1. The number of sulfonamides is 2. The summed E-state index contributed by atoms with van der Waals surface area (Å²) >= 11 is 0. The summed E-state index contributed by atoms with van der Waals surface area (Å²) in [5.74, 6) is -0.419. The second kappa shape index (κ2) is 10.6. The van der Waals surface area contributed by atoms with Crippen molar-refractivity contribution in [3.05, 3.63) is 65.7 Å². The Balaban J connectivity index is 1.54. The van der Waals surface area contributed by atoms with Crippen molar-refractivity contribution in [2.75, 3.05) is 32.4 Å². The molecule has 0 aliphatic carbocycles. The van der Waals surface area contributed by atoms with Crippen molar-refractivity contribution in [2.45, 2.75) is 30.7 Å². The zero-order valence-electron chi connectivity index (χ0n) is 18.1. The van der Waals surface area contributed by atoms with Crippen LogP contribution in [0.3, 0.4) is 0 Å². The van der Waals surface area contributed by atoms with Crippen LogP contribution in [0.2, 0.25) is 0 Å². The molecule has 0 saturated carbocycles. The average molecular weight is 480 g/mol. The zero-order valence-corrected chi connectivity index (χ0v) is 19.7. The Kier molecular flexibility index (Phi) is 8.05. The van der Waals surface area contributed by atoms with E-state index in [-0.39, 0.29) is 24.5 Å². The monoisotopic (exact) mass is 479 g/mol. The molecular formula is C22H29N3O5S2. The van der Waals surface area contributed by atoms with Crippen LogP contribution >= 0.6 is 0 Å². The van der Waals surface area contributed by atoms with E-state index in [2.05, 4.69) is 5.32 Å². The van der Waals surface area contributed by atoms with E-state index in [0.717, 1.165) is 34.5 Å². The Morgan fingerprint density at radius 2 is 1.56 bits per heavy atom. The molecule has 0 radical (unpaired) electrons. The first-order valence-corrected chi connectivity index (χ1v) is 13.8. The lowest BCUT2D eigenvalue weighted by Crippen LogP contribution is -2.41. The summed E-state index contributed by atoms with van der Waals surface area (Å²) in [6.07, 6.45) is 3.34. The Morgan fingerprint density at radius 1 is 0.938 bits per heavy atom. The normalized spacial score (nSPS) is 15.2. The van der Waals surface area contributed by atoms with Gasteiger partial charge in [-0.2, -0.15) is 8.61 Å². The molecule has 2 aromatic rings. The molecule has 0 unspecified atom stereocenters. The quantitative estimate of drug-likeness (QED) is 0.557. The van der Waals surface area contributed by atoms with Crippen LogP contribution in [0.15, 0.2) is 59.5 Å². The lowest BCUT2D eigenvalue weighted by atomic mass is 10.1. The van der Waals surface area contributed by atoms with Crippen molar-refractivity contribution >= 4 is 26.0 Å². The molecule has 32 heavy (non-hydrogen) atoms. The van der Waals surface area contributed by atoms with Crippen LogP contribution in [0.25, 0.3) is 0 Å². The number of rotatable bonds is 10. The van der Waals surface area contributed by atoms with E-state index in [1.165, 1.54) is 16.4 Å². The third-order valence-electron chi connectivity index (χ3n) is 5.40. The van der Waals surface area contributed by atoms with Crippen LogP contribution in [0.4, 0.5) is 0 Å². The Bertz CT molecular complexity index is 1110. The number of nitrogens with zero attached hydrogens (tertiary/aromatic N) is 2. The van der Waals surface area contributed by atoms with Gasteiger partial charge in [-0.05, 0) is 42.5 Å². The van der Waals surface area contributed by atoms with Crippen molar-refractivity contribution < 1.29 is 21.6 Å². The van der Waals surface area contributed by atoms with Gasteiger partial charge in [-0.1, -0.05) is 42.5 Å². The highest BCUT2D eigenvalue weighted by atomic mass is 32.2. The second-order valence-electron chi connectivity index (χ2n) is 7.86. The van der Waals surface area contributed by atoms with Crippen molar-refractivity contribution in [3.63, 3.8) is 0 Å². The highest BCUT2D eigenvalue weighted by Crippen LogP contribution is 2.21. The summed E-state index contributed by atoms with van der Waals surface area (Å²) in [7, 11) is -7.02. The van der Waals surface area contributed by atoms with Gasteiger partial charge in [0.15, 0.2) is 0 Å². The minimum absolute atomic E-state index is 0.180. The van der Waals surface area contributed by atoms with Gasteiger partial charge in [0.1, 0.15) is 0 Å². The van der Waals surface area contributed by atoms with Crippen molar-refractivity contribution in [3.8, 4) is 0 Å². The summed E-state index contributed by atoms with van der Waals surface area (Å²) < 4.78 is 52.0. The summed E-state index contributed by atoms with van der Waals surface area (Å²) in [5, 5.41) is 2.71. The van der Waals surface area contributed by atoms with Crippen LogP contribution in [0.5, 0.6) is 0 Å². The van der Waals surface area contributed by atoms with E-state index in [0.29, 0.717) is 19.5 Å². The number of hydrogen-bond acceptors (Lipinski definition) is 5. The largest absolute Gasteiger partial charge is 0.351 e. The first kappa shape index (κ1) is 24.4. The van der Waals surface area contributed by atoms with Gasteiger partial charge >= 0.3 is 0 Å². The summed E-state index contributed by atoms with van der Waals surface area (Å²) in [5.41, 5.74) is 1.72. The zero-order chi connectivity index (χ0) is 23.2. The molecule has 2 aromatic carbocycles. The molecule has 0 atom stereocenters. The Hall–Kier alpha value is -2.27. The van der Waals surface area contributed by atoms with E-state index < -0.39 is 26.0 Å². The van der Waals surface area contributed by atoms with E-state index in [9.17, 15) is 21.6 Å². The minimum atomic E-state index is -3.54. The van der Waals surface area contributed by atoms with Crippen molar-refractivity contribution in [1.82, 2.24) is 13.9 Å². The van der Waals surface area contributed by atoms with Gasteiger partial charge in [0.05, 0.1) is 17.7 Å². The molecule has 3 rings (SSSR count). The number of carbonyl (C=O) groups is 1. The number of benzene rings is 2.